The highest BCUT2D eigenvalue weighted by atomic mass is 16.6. The number of carbonyl (C=O) groups excluding carboxylic acids is 1. The largest absolute Gasteiger partial charge is 0.474 e. The second kappa shape index (κ2) is 8.84. The first-order valence-electron chi connectivity index (χ1n) is 9.41. The van der Waals surface area contributed by atoms with Crippen molar-refractivity contribution in [3.8, 4) is 5.75 Å². The monoisotopic (exact) mass is 383 g/mol. The molecule has 28 heavy (non-hydrogen) atoms. The van der Waals surface area contributed by atoms with E-state index in [1.54, 1.807) is 30.9 Å². The first kappa shape index (κ1) is 19.8. The van der Waals surface area contributed by atoms with E-state index in [-0.39, 0.29) is 17.3 Å². The van der Waals surface area contributed by atoms with Crippen LogP contribution in [0.15, 0.2) is 48.5 Å². The van der Waals surface area contributed by atoms with Crippen molar-refractivity contribution in [2.75, 3.05) is 26.2 Å². The maximum Gasteiger partial charge on any atom is 0.311 e. The quantitative estimate of drug-likeness (QED) is 0.566. The van der Waals surface area contributed by atoms with Gasteiger partial charge in [-0.05, 0) is 31.0 Å². The number of amides is 1. The van der Waals surface area contributed by atoms with Crippen molar-refractivity contribution in [1.29, 1.82) is 0 Å². The van der Waals surface area contributed by atoms with Crippen molar-refractivity contribution in [1.82, 2.24) is 9.80 Å². The van der Waals surface area contributed by atoms with Crippen LogP contribution in [0.5, 0.6) is 5.75 Å². The van der Waals surface area contributed by atoms with Gasteiger partial charge in [0.15, 0.2) is 11.9 Å². The molecular weight excluding hydrogens is 358 g/mol. The van der Waals surface area contributed by atoms with Gasteiger partial charge in [-0.1, -0.05) is 36.4 Å². The Morgan fingerprint density at radius 3 is 2.46 bits per heavy atom. The van der Waals surface area contributed by atoms with Crippen molar-refractivity contribution in [2.24, 2.45) is 0 Å². The number of ether oxygens (including phenoxy) is 1. The molecule has 7 nitrogen and oxygen atoms in total. The molecule has 2 aromatic rings. The van der Waals surface area contributed by atoms with Crippen molar-refractivity contribution < 1.29 is 14.5 Å². The minimum absolute atomic E-state index is 0.118. The fourth-order valence-corrected chi connectivity index (χ4v) is 3.34. The third-order valence-electron chi connectivity index (χ3n) is 4.90. The number of nitrogens with zero attached hydrogens (tertiary/aromatic N) is 3. The van der Waals surface area contributed by atoms with E-state index in [0.717, 1.165) is 25.2 Å². The maximum atomic E-state index is 12.7. The van der Waals surface area contributed by atoms with E-state index in [9.17, 15) is 14.9 Å². The van der Waals surface area contributed by atoms with E-state index in [4.69, 9.17) is 4.74 Å². The lowest BCUT2D eigenvalue weighted by molar-refractivity contribution is -0.386. The van der Waals surface area contributed by atoms with Gasteiger partial charge in [0.25, 0.3) is 5.91 Å². The topological polar surface area (TPSA) is 75.9 Å². The highest BCUT2D eigenvalue weighted by molar-refractivity contribution is 5.81. The predicted octanol–water partition coefficient (Wildman–Crippen LogP) is 3.01. The van der Waals surface area contributed by atoms with Crippen LogP contribution >= 0.6 is 0 Å². The Kier molecular flexibility index (Phi) is 6.26. The summed E-state index contributed by atoms with van der Waals surface area (Å²) in [5.74, 6) is -0.0200. The lowest BCUT2D eigenvalue weighted by Crippen LogP contribution is -2.51. The molecule has 1 aliphatic rings. The van der Waals surface area contributed by atoms with E-state index >= 15 is 0 Å². The number of nitro groups is 1. The van der Waals surface area contributed by atoms with Gasteiger partial charge in [0, 0.05) is 38.8 Å². The van der Waals surface area contributed by atoms with Gasteiger partial charge in [0.05, 0.1) is 4.92 Å². The van der Waals surface area contributed by atoms with Gasteiger partial charge >= 0.3 is 5.69 Å². The van der Waals surface area contributed by atoms with Crippen LogP contribution in [0.3, 0.4) is 0 Å². The zero-order valence-corrected chi connectivity index (χ0v) is 16.2. The highest BCUT2D eigenvalue weighted by Gasteiger charge is 2.27. The predicted molar refractivity (Wildman–Crippen MR) is 106 cm³/mol. The fourth-order valence-electron chi connectivity index (χ4n) is 3.34. The molecule has 0 bridgehead atoms. The summed E-state index contributed by atoms with van der Waals surface area (Å²) in [5, 5.41) is 11.2. The van der Waals surface area contributed by atoms with Crippen LogP contribution in [0, 0.1) is 17.0 Å². The average Bonchev–Trinajstić information content (AvgIpc) is 2.70. The van der Waals surface area contributed by atoms with Crippen LogP contribution in [-0.4, -0.2) is 52.9 Å². The Morgan fingerprint density at radius 2 is 1.82 bits per heavy atom. The minimum Gasteiger partial charge on any atom is -0.474 e. The Morgan fingerprint density at radius 1 is 1.14 bits per heavy atom. The molecule has 1 amide bonds. The summed E-state index contributed by atoms with van der Waals surface area (Å²) in [6, 6.07) is 15.0. The summed E-state index contributed by atoms with van der Waals surface area (Å²) in [7, 11) is 0. The van der Waals surface area contributed by atoms with Gasteiger partial charge < -0.3 is 9.64 Å². The van der Waals surface area contributed by atoms with Crippen molar-refractivity contribution in [3.05, 3.63) is 69.8 Å². The molecule has 0 unspecified atom stereocenters. The molecule has 7 heteroatoms. The fraction of sp³-hybridized carbons (Fsp3) is 0.381. The third kappa shape index (κ3) is 4.86. The van der Waals surface area contributed by atoms with E-state index in [1.807, 2.05) is 18.2 Å². The molecule has 0 spiro atoms. The SMILES string of the molecule is Cc1ccc(O[C@H](C)C(=O)N2CCN(Cc3ccccc3)CC2)c([N+](=O)[O-])c1. The number of benzene rings is 2. The van der Waals surface area contributed by atoms with Crippen molar-refractivity contribution in [3.63, 3.8) is 0 Å². The summed E-state index contributed by atoms with van der Waals surface area (Å²) in [6.07, 6.45) is -0.776. The standard InChI is InChI=1S/C21H25N3O4/c1-16-8-9-20(19(14-16)24(26)27)28-17(2)21(25)23-12-10-22(11-13-23)15-18-6-4-3-5-7-18/h3-9,14,17H,10-13,15H2,1-2H3/t17-/m1/s1. The molecule has 0 saturated carbocycles. The molecule has 0 radical (unpaired) electrons. The molecule has 3 rings (SSSR count). The molecule has 1 saturated heterocycles. The zero-order chi connectivity index (χ0) is 20.1. The minimum atomic E-state index is -0.776. The van der Waals surface area contributed by atoms with Gasteiger partial charge in [-0.25, -0.2) is 0 Å². The van der Waals surface area contributed by atoms with Gasteiger partial charge in [0.2, 0.25) is 0 Å². The molecule has 1 heterocycles. The second-order valence-corrected chi connectivity index (χ2v) is 7.08. The molecule has 2 aromatic carbocycles. The first-order valence-corrected chi connectivity index (χ1v) is 9.41. The van der Waals surface area contributed by atoms with Crippen LogP contribution in [0.4, 0.5) is 5.69 Å². The van der Waals surface area contributed by atoms with Crippen LogP contribution < -0.4 is 4.74 Å². The number of piperazine rings is 1. The maximum absolute atomic E-state index is 12.7. The Balaban J connectivity index is 1.56. The molecule has 1 fully saturated rings. The number of nitro benzene ring substituents is 1. The Labute approximate surface area is 164 Å². The first-order chi connectivity index (χ1) is 13.4. The summed E-state index contributed by atoms with van der Waals surface area (Å²) >= 11 is 0. The molecule has 1 aliphatic heterocycles. The Hall–Kier alpha value is -2.93. The van der Waals surface area contributed by atoms with Gasteiger partial charge in [-0.2, -0.15) is 0 Å². The van der Waals surface area contributed by atoms with Crippen LogP contribution in [0.2, 0.25) is 0 Å². The summed E-state index contributed by atoms with van der Waals surface area (Å²) in [4.78, 5) is 27.6. The smallest absolute Gasteiger partial charge is 0.311 e. The third-order valence-corrected chi connectivity index (χ3v) is 4.90. The second-order valence-electron chi connectivity index (χ2n) is 7.08. The summed E-state index contributed by atoms with van der Waals surface area (Å²) in [6.45, 7) is 7.10. The molecule has 0 aliphatic carbocycles. The Bertz CT molecular complexity index is 833. The lowest BCUT2D eigenvalue weighted by Gasteiger charge is -2.35. The molecule has 1 atom stereocenters. The van der Waals surface area contributed by atoms with Crippen LogP contribution in [0.1, 0.15) is 18.1 Å². The van der Waals surface area contributed by atoms with Crippen LogP contribution in [0.25, 0.3) is 0 Å². The molecule has 0 aromatic heterocycles. The number of aryl methyl sites for hydroxylation is 1. The molecule has 148 valence electrons. The van der Waals surface area contributed by atoms with E-state index < -0.39 is 11.0 Å². The van der Waals surface area contributed by atoms with Crippen LogP contribution in [-0.2, 0) is 11.3 Å². The average molecular weight is 383 g/mol. The van der Waals surface area contributed by atoms with E-state index in [0.29, 0.717) is 13.1 Å². The molecular formula is C21H25N3O4. The number of carbonyl (C=O) groups is 1. The normalized spacial score (nSPS) is 15.9. The van der Waals surface area contributed by atoms with Gasteiger partial charge in [-0.15, -0.1) is 0 Å². The van der Waals surface area contributed by atoms with Gasteiger partial charge in [-0.3, -0.25) is 19.8 Å². The summed E-state index contributed by atoms with van der Waals surface area (Å²) in [5.41, 5.74) is 1.91. The lowest BCUT2D eigenvalue weighted by atomic mass is 10.2. The number of hydrogen-bond acceptors (Lipinski definition) is 5. The van der Waals surface area contributed by atoms with Crippen molar-refractivity contribution >= 4 is 11.6 Å². The summed E-state index contributed by atoms with van der Waals surface area (Å²) < 4.78 is 5.65. The number of rotatable bonds is 6. The number of hydrogen-bond donors (Lipinski definition) is 0. The molecule has 0 N–H and O–H groups in total. The van der Waals surface area contributed by atoms with E-state index in [2.05, 4.69) is 17.0 Å². The highest BCUT2D eigenvalue weighted by Crippen LogP contribution is 2.29. The van der Waals surface area contributed by atoms with E-state index in [1.165, 1.54) is 11.6 Å². The zero-order valence-electron chi connectivity index (χ0n) is 16.2. The van der Waals surface area contributed by atoms with Gasteiger partial charge in [0.1, 0.15) is 0 Å². The van der Waals surface area contributed by atoms with Crippen molar-refractivity contribution in [2.45, 2.75) is 26.5 Å².